The molecule has 15 heavy (non-hydrogen) atoms. The lowest BCUT2D eigenvalue weighted by Gasteiger charge is -2.03. The summed E-state index contributed by atoms with van der Waals surface area (Å²) in [6.07, 6.45) is 1.99. The molecule has 0 bridgehead atoms. The SMILES string of the molecule is Cn1ccc(CNC2C(C)(C)C2(C)C)n1. The molecule has 84 valence electrons. The van der Waals surface area contributed by atoms with Crippen LogP contribution in [0, 0.1) is 10.8 Å². The number of aromatic nitrogens is 2. The molecule has 0 radical (unpaired) electrons. The Morgan fingerprint density at radius 1 is 1.33 bits per heavy atom. The Hall–Kier alpha value is -0.830. The van der Waals surface area contributed by atoms with Gasteiger partial charge in [0, 0.05) is 25.8 Å². The van der Waals surface area contributed by atoms with E-state index in [2.05, 4.69) is 44.2 Å². The van der Waals surface area contributed by atoms with Gasteiger partial charge in [-0.25, -0.2) is 0 Å². The van der Waals surface area contributed by atoms with Gasteiger partial charge < -0.3 is 5.32 Å². The molecule has 0 atom stereocenters. The van der Waals surface area contributed by atoms with Crippen molar-refractivity contribution in [1.82, 2.24) is 15.1 Å². The lowest BCUT2D eigenvalue weighted by Crippen LogP contribution is -2.22. The second-order valence-corrected chi connectivity index (χ2v) is 5.74. The van der Waals surface area contributed by atoms with E-state index in [4.69, 9.17) is 0 Å². The van der Waals surface area contributed by atoms with Crippen molar-refractivity contribution in [3.63, 3.8) is 0 Å². The largest absolute Gasteiger partial charge is 0.307 e. The molecule has 1 aliphatic carbocycles. The van der Waals surface area contributed by atoms with Crippen molar-refractivity contribution in [1.29, 1.82) is 0 Å². The molecule has 0 spiro atoms. The van der Waals surface area contributed by atoms with E-state index in [1.807, 2.05) is 17.9 Å². The van der Waals surface area contributed by atoms with Crippen LogP contribution in [0.2, 0.25) is 0 Å². The zero-order valence-corrected chi connectivity index (χ0v) is 10.3. The molecule has 0 saturated heterocycles. The van der Waals surface area contributed by atoms with Gasteiger partial charge in [-0.15, -0.1) is 0 Å². The number of nitrogens with one attached hydrogen (secondary N) is 1. The lowest BCUT2D eigenvalue weighted by molar-refractivity contribution is 0.457. The molecular weight excluding hydrogens is 186 g/mol. The molecule has 1 saturated carbocycles. The van der Waals surface area contributed by atoms with E-state index in [0.29, 0.717) is 16.9 Å². The van der Waals surface area contributed by atoms with E-state index in [9.17, 15) is 0 Å². The number of hydrogen-bond acceptors (Lipinski definition) is 2. The summed E-state index contributed by atoms with van der Waals surface area (Å²) in [7, 11) is 1.95. The minimum Gasteiger partial charge on any atom is -0.307 e. The molecule has 1 N–H and O–H groups in total. The minimum atomic E-state index is 0.405. The van der Waals surface area contributed by atoms with Gasteiger partial charge in [-0.3, -0.25) is 4.68 Å². The van der Waals surface area contributed by atoms with E-state index >= 15 is 0 Å². The molecule has 1 fully saturated rings. The van der Waals surface area contributed by atoms with Crippen molar-refractivity contribution in [3.8, 4) is 0 Å². The highest BCUT2D eigenvalue weighted by Gasteiger charge is 2.64. The normalized spacial score (nSPS) is 23.0. The van der Waals surface area contributed by atoms with E-state index in [1.54, 1.807) is 0 Å². The van der Waals surface area contributed by atoms with Gasteiger partial charge in [0.05, 0.1) is 5.69 Å². The van der Waals surface area contributed by atoms with Gasteiger partial charge in [-0.05, 0) is 16.9 Å². The van der Waals surface area contributed by atoms with Crippen molar-refractivity contribution >= 4 is 0 Å². The molecule has 3 nitrogen and oxygen atoms in total. The molecule has 0 aliphatic heterocycles. The van der Waals surface area contributed by atoms with Crippen LogP contribution >= 0.6 is 0 Å². The summed E-state index contributed by atoms with van der Waals surface area (Å²) in [4.78, 5) is 0. The van der Waals surface area contributed by atoms with Crippen LogP contribution in [-0.2, 0) is 13.6 Å². The van der Waals surface area contributed by atoms with Crippen LogP contribution in [0.5, 0.6) is 0 Å². The smallest absolute Gasteiger partial charge is 0.0762 e. The maximum Gasteiger partial charge on any atom is 0.0762 e. The van der Waals surface area contributed by atoms with Crippen LogP contribution in [-0.4, -0.2) is 15.8 Å². The fourth-order valence-corrected chi connectivity index (χ4v) is 2.47. The van der Waals surface area contributed by atoms with Crippen molar-refractivity contribution in [2.24, 2.45) is 17.9 Å². The fraction of sp³-hybridized carbons (Fsp3) is 0.750. The molecule has 0 amide bonds. The molecule has 1 heterocycles. The van der Waals surface area contributed by atoms with Gasteiger partial charge in [0.2, 0.25) is 0 Å². The lowest BCUT2D eigenvalue weighted by atomic mass is 10.0. The molecular formula is C12H21N3. The van der Waals surface area contributed by atoms with Crippen molar-refractivity contribution in [3.05, 3.63) is 18.0 Å². The Balaban J connectivity index is 1.91. The molecule has 0 aromatic carbocycles. The summed E-state index contributed by atoms with van der Waals surface area (Å²) < 4.78 is 1.85. The van der Waals surface area contributed by atoms with Gasteiger partial charge in [-0.2, -0.15) is 5.10 Å². The van der Waals surface area contributed by atoms with Gasteiger partial charge >= 0.3 is 0 Å². The molecule has 3 heteroatoms. The second kappa shape index (κ2) is 3.08. The van der Waals surface area contributed by atoms with Gasteiger partial charge in [-0.1, -0.05) is 27.7 Å². The number of nitrogens with zero attached hydrogens (tertiary/aromatic N) is 2. The summed E-state index contributed by atoms with van der Waals surface area (Å²) in [6.45, 7) is 10.2. The Morgan fingerprint density at radius 2 is 1.93 bits per heavy atom. The molecule has 1 aromatic heterocycles. The summed E-state index contributed by atoms with van der Waals surface area (Å²) in [6, 6.07) is 2.67. The zero-order valence-electron chi connectivity index (χ0n) is 10.3. The van der Waals surface area contributed by atoms with Crippen LogP contribution in [0.3, 0.4) is 0 Å². The highest BCUT2D eigenvalue weighted by atomic mass is 15.3. The first kappa shape index (κ1) is 10.7. The third-order valence-electron chi connectivity index (χ3n) is 4.28. The Morgan fingerprint density at radius 3 is 2.33 bits per heavy atom. The predicted molar refractivity (Wildman–Crippen MR) is 61.4 cm³/mol. The summed E-state index contributed by atoms with van der Waals surface area (Å²) in [5.74, 6) is 0. The number of hydrogen-bond donors (Lipinski definition) is 1. The standard InChI is InChI=1S/C12H21N3/c1-11(2)10(12(11,3)4)13-8-9-6-7-15(5)14-9/h6-7,10,13H,8H2,1-5H3. The van der Waals surface area contributed by atoms with Gasteiger partial charge in [0.1, 0.15) is 0 Å². The zero-order chi connectivity index (χ0) is 11.3. The minimum absolute atomic E-state index is 0.405. The first-order chi connectivity index (χ1) is 6.85. The maximum atomic E-state index is 4.36. The van der Waals surface area contributed by atoms with E-state index < -0.39 is 0 Å². The van der Waals surface area contributed by atoms with Crippen molar-refractivity contribution in [2.45, 2.75) is 40.3 Å². The average molecular weight is 207 g/mol. The molecule has 1 aliphatic rings. The number of rotatable bonds is 3. The first-order valence-corrected chi connectivity index (χ1v) is 5.57. The third-order valence-corrected chi connectivity index (χ3v) is 4.28. The quantitative estimate of drug-likeness (QED) is 0.821. The van der Waals surface area contributed by atoms with E-state index in [0.717, 1.165) is 12.2 Å². The summed E-state index contributed by atoms with van der Waals surface area (Å²) in [5, 5.41) is 7.95. The molecule has 2 rings (SSSR count). The summed E-state index contributed by atoms with van der Waals surface area (Å²) >= 11 is 0. The average Bonchev–Trinajstić information content (AvgIpc) is 2.50. The molecule has 0 unspecified atom stereocenters. The predicted octanol–water partition coefficient (Wildman–Crippen LogP) is 1.94. The van der Waals surface area contributed by atoms with E-state index in [-0.39, 0.29) is 0 Å². The van der Waals surface area contributed by atoms with E-state index in [1.165, 1.54) is 0 Å². The van der Waals surface area contributed by atoms with Gasteiger partial charge in [0.25, 0.3) is 0 Å². The van der Waals surface area contributed by atoms with Crippen molar-refractivity contribution < 1.29 is 0 Å². The summed E-state index contributed by atoms with van der Waals surface area (Å²) in [5.41, 5.74) is 1.93. The Kier molecular flexibility index (Phi) is 2.19. The fourth-order valence-electron chi connectivity index (χ4n) is 2.47. The Labute approximate surface area is 91.9 Å². The third kappa shape index (κ3) is 1.59. The molecule has 1 aromatic rings. The van der Waals surface area contributed by atoms with Crippen LogP contribution in [0.15, 0.2) is 12.3 Å². The topological polar surface area (TPSA) is 29.9 Å². The monoisotopic (exact) mass is 207 g/mol. The van der Waals surface area contributed by atoms with Crippen LogP contribution in [0.4, 0.5) is 0 Å². The van der Waals surface area contributed by atoms with Crippen LogP contribution in [0.25, 0.3) is 0 Å². The Bertz CT molecular complexity index is 349. The van der Waals surface area contributed by atoms with Crippen LogP contribution < -0.4 is 5.32 Å². The van der Waals surface area contributed by atoms with Gasteiger partial charge in [0.15, 0.2) is 0 Å². The number of aryl methyl sites for hydroxylation is 1. The van der Waals surface area contributed by atoms with Crippen LogP contribution in [0.1, 0.15) is 33.4 Å². The maximum absolute atomic E-state index is 4.36. The second-order valence-electron chi connectivity index (χ2n) is 5.74. The highest BCUT2D eigenvalue weighted by Crippen LogP contribution is 2.62. The highest BCUT2D eigenvalue weighted by molar-refractivity contribution is 5.18. The first-order valence-electron chi connectivity index (χ1n) is 5.57. The van der Waals surface area contributed by atoms with Crippen molar-refractivity contribution in [2.75, 3.05) is 0 Å².